The molecule has 2 nitrogen and oxygen atoms in total. The number of furan rings is 1. The molecule has 1 aliphatic carbocycles. The molecule has 2 heteroatoms. The van der Waals surface area contributed by atoms with E-state index in [-0.39, 0.29) is 6.10 Å². The van der Waals surface area contributed by atoms with E-state index in [1.54, 1.807) is 6.26 Å². The Balaban J connectivity index is 1.65. The summed E-state index contributed by atoms with van der Waals surface area (Å²) in [6, 6.07) is 3.89. The van der Waals surface area contributed by atoms with Gasteiger partial charge in [-0.3, -0.25) is 0 Å². The average molecular weight is 222 g/mol. The van der Waals surface area contributed by atoms with Crippen molar-refractivity contribution in [1.82, 2.24) is 0 Å². The second-order valence-corrected chi connectivity index (χ2v) is 5.01. The van der Waals surface area contributed by atoms with Crippen LogP contribution in [0.1, 0.15) is 50.7 Å². The quantitative estimate of drug-likeness (QED) is 0.826. The molecule has 1 unspecified atom stereocenters. The molecule has 0 aliphatic heterocycles. The molecular formula is C14H22O2. The molecule has 1 fully saturated rings. The van der Waals surface area contributed by atoms with E-state index in [1.807, 2.05) is 12.1 Å². The molecule has 2 rings (SSSR count). The van der Waals surface area contributed by atoms with Gasteiger partial charge in [0.15, 0.2) is 0 Å². The molecule has 0 saturated heterocycles. The highest BCUT2D eigenvalue weighted by Crippen LogP contribution is 2.28. The summed E-state index contributed by atoms with van der Waals surface area (Å²) in [7, 11) is 0. The van der Waals surface area contributed by atoms with Crippen LogP contribution in [0.25, 0.3) is 0 Å². The number of aliphatic hydroxyl groups excluding tert-OH is 1. The van der Waals surface area contributed by atoms with Crippen LogP contribution in [0.3, 0.4) is 0 Å². The summed E-state index contributed by atoms with van der Waals surface area (Å²) in [6.07, 6.45) is 11.0. The Hall–Kier alpha value is -0.760. The van der Waals surface area contributed by atoms with E-state index in [1.165, 1.54) is 32.1 Å². The third-order valence-corrected chi connectivity index (χ3v) is 3.63. The second-order valence-electron chi connectivity index (χ2n) is 5.01. The van der Waals surface area contributed by atoms with E-state index in [0.29, 0.717) is 0 Å². The molecule has 1 aromatic heterocycles. The summed E-state index contributed by atoms with van der Waals surface area (Å²) < 4.78 is 5.26. The SMILES string of the molecule is OC(CCc1ccco1)CC1CCCCC1. The predicted octanol–water partition coefficient (Wildman–Crippen LogP) is 3.54. The zero-order valence-corrected chi connectivity index (χ0v) is 9.90. The van der Waals surface area contributed by atoms with Crippen LogP contribution < -0.4 is 0 Å². The van der Waals surface area contributed by atoms with Gasteiger partial charge in [0.2, 0.25) is 0 Å². The molecule has 0 spiro atoms. The van der Waals surface area contributed by atoms with Gasteiger partial charge < -0.3 is 9.52 Å². The van der Waals surface area contributed by atoms with Gasteiger partial charge in [-0.05, 0) is 30.9 Å². The molecule has 0 amide bonds. The van der Waals surface area contributed by atoms with E-state index in [4.69, 9.17) is 4.42 Å². The van der Waals surface area contributed by atoms with Crippen LogP contribution in [0.5, 0.6) is 0 Å². The van der Waals surface area contributed by atoms with Crippen LogP contribution in [0.15, 0.2) is 22.8 Å². The van der Waals surface area contributed by atoms with Gasteiger partial charge in [-0.1, -0.05) is 32.1 Å². The molecule has 1 N–H and O–H groups in total. The second kappa shape index (κ2) is 6.09. The highest BCUT2D eigenvalue weighted by molar-refractivity contribution is 4.98. The van der Waals surface area contributed by atoms with Gasteiger partial charge in [-0.25, -0.2) is 0 Å². The topological polar surface area (TPSA) is 33.4 Å². The first-order valence-electron chi connectivity index (χ1n) is 6.55. The molecule has 0 bridgehead atoms. The number of hydrogen-bond donors (Lipinski definition) is 1. The fourth-order valence-electron chi connectivity index (χ4n) is 2.69. The monoisotopic (exact) mass is 222 g/mol. The molecule has 1 saturated carbocycles. The normalized spacial score (nSPS) is 19.8. The van der Waals surface area contributed by atoms with E-state index in [9.17, 15) is 5.11 Å². The lowest BCUT2D eigenvalue weighted by Gasteiger charge is -2.23. The first kappa shape index (κ1) is 11.7. The van der Waals surface area contributed by atoms with Crippen molar-refractivity contribution >= 4 is 0 Å². The van der Waals surface area contributed by atoms with Crippen molar-refractivity contribution in [2.45, 2.75) is 57.5 Å². The lowest BCUT2D eigenvalue weighted by Crippen LogP contribution is -2.16. The number of aliphatic hydroxyl groups is 1. The van der Waals surface area contributed by atoms with Crippen LogP contribution in [0.4, 0.5) is 0 Å². The number of aryl methyl sites for hydroxylation is 1. The number of rotatable bonds is 5. The van der Waals surface area contributed by atoms with Crippen LogP contribution in [-0.4, -0.2) is 11.2 Å². The van der Waals surface area contributed by atoms with Gasteiger partial charge in [-0.15, -0.1) is 0 Å². The molecule has 1 aliphatic rings. The van der Waals surface area contributed by atoms with Crippen molar-refractivity contribution in [3.05, 3.63) is 24.2 Å². The number of hydrogen-bond acceptors (Lipinski definition) is 2. The van der Waals surface area contributed by atoms with Gasteiger partial charge in [0, 0.05) is 6.42 Å². The summed E-state index contributed by atoms with van der Waals surface area (Å²) in [5.41, 5.74) is 0. The van der Waals surface area contributed by atoms with E-state index in [2.05, 4.69) is 0 Å². The Morgan fingerprint density at radius 1 is 1.31 bits per heavy atom. The summed E-state index contributed by atoms with van der Waals surface area (Å²) in [5.74, 6) is 1.75. The molecule has 1 heterocycles. The van der Waals surface area contributed by atoms with Gasteiger partial charge >= 0.3 is 0 Å². The fraction of sp³-hybridized carbons (Fsp3) is 0.714. The molecule has 16 heavy (non-hydrogen) atoms. The molecule has 0 aromatic carbocycles. The fourth-order valence-corrected chi connectivity index (χ4v) is 2.69. The summed E-state index contributed by atoms with van der Waals surface area (Å²) in [5, 5.41) is 9.96. The van der Waals surface area contributed by atoms with Crippen molar-refractivity contribution in [2.24, 2.45) is 5.92 Å². The van der Waals surface area contributed by atoms with Crippen LogP contribution in [-0.2, 0) is 6.42 Å². The summed E-state index contributed by atoms with van der Waals surface area (Å²) in [4.78, 5) is 0. The molecule has 1 atom stereocenters. The van der Waals surface area contributed by atoms with Crippen molar-refractivity contribution in [1.29, 1.82) is 0 Å². The first-order chi connectivity index (χ1) is 7.84. The molecular weight excluding hydrogens is 200 g/mol. The van der Waals surface area contributed by atoms with Crippen molar-refractivity contribution in [3.63, 3.8) is 0 Å². The van der Waals surface area contributed by atoms with E-state index < -0.39 is 0 Å². The molecule has 90 valence electrons. The standard InChI is InChI=1S/C14H22O2/c15-13(8-9-14-7-4-10-16-14)11-12-5-2-1-3-6-12/h4,7,10,12-13,15H,1-3,5-6,8-9,11H2. The Bertz CT molecular complexity index is 273. The summed E-state index contributed by atoms with van der Waals surface area (Å²) >= 11 is 0. The minimum Gasteiger partial charge on any atom is -0.469 e. The van der Waals surface area contributed by atoms with Crippen LogP contribution in [0.2, 0.25) is 0 Å². The Kier molecular flexibility index (Phi) is 4.46. The Morgan fingerprint density at radius 3 is 2.81 bits per heavy atom. The molecule has 1 aromatic rings. The summed E-state index contributed by atoms with van der Waals surface area (Å²) in [6.45, 7) is 0. The van der Waals surface area contributed by atoms with Gasteiger partial charge in [0.25, 0.3) is 0 Å². The highest BCUT2D eigenvalue weighted by Gasteiger charge is 2.17. The third kappa shape index (κ3) is 3.67. The maximum absolute atomic E-state index is 9.96. The van der Waals surface area contributed by atoms with Crippen molar-refractivity contribution < 1.29 is 9.52 Å². The van der Waals surface area contributed by atoms with Crippen LogP contribution >= 0.6 is 0 Å². The Morgan fingerprint density at radius 2 is 2.12 bits per heavy atom. The minimum atomic E-state index is -0.145. The largest absolute Gasteiger partial charge is 0.469 e. The minimum absolute atomic E-state index is 0.145. The van der Waals surface area contributed by atoms with Gasteiger partial charge in [-0.2, -0.15) is 0 Å². The smallest absolute Gasteiger partial charge is 0.103 e. The third-order valence-electron chi connectivity index (χ3n) is 3.63. The van der Waals surface area contributed by atoms with E-state index >= 15 is 0 Å². The maximum atomic E-state index is 9.96. The highest BCUT2D eigenvalue weighted by atomic mass is 16.3. The van der Waals surface area contributed by atoms with Crippen molar-refractivity contribution in [2.75, 3.05) is 0 Å². The predicted molar refractivity (Wildman–Crippen MR) is 64.2 cm³/mol. The van der Waals surface area contributed by atoms with Crippen molar-refractivity contribution in [3.8, 4) is 0 Å². The zero-order valence-electron chi connectivity index (χ0n) is 9.90. The average Bonchev–Trinajstić information content (AvgIpc) is 2.81. The van der Waals surface area contributed by atoms with Gasteiger partial charge in [0.1, 0.15) is 5.76 Å². The maximum Gasteiger partial charge on any atom is 0.103 e. The Labute approximate surface area is 97.7 Å². The lowest BCUT2D eigenvalue weighted by molar-refractivity contribution is 0.120. The lowest BCUT2D eigenvalue weighted by atomic mass is 9.85. The van der Waals surface area contributed by atoms with Gasteiger partial charge in [0.05, 0.1) is 12.4 Å². The van der Waals surface area contributed by atoms with Crippen LogP contribution in [0, 0.1) is 5.92 Å². The zero-order chi connectivity index (χ0) is 11.2. The molecule has 0 radical (unpaired) electrons. The van der Waals surface area contributed by atoms with E-state index in [0.717, 1.165) is 30.9 Å². The first-order valence-corrected chi connectivity index (χ1v) is 6.55.